The maximum atomic E-state index is 12.7. The zero-order chi connectivity index (χ0) is 40.9. The summed E-state index contributed by atoms with van der Waals surface area (Å²) in [5.74, 6) is 1.69. The number of aromatic nitrogens is 2. The maximum absolute atomic E-state index is 12.7. The molecule has 0 saturated carbocycles. The Bertz CT molecular complexity index is 2080. The summed E-state index contributed by atoms with van der Waals surface area (Å²) < 4.78 is 21.7. The molecule has 4 heterocycles. The molecule has 7 rings (SSSR count). The van der Waals surface area contributed by atoms with Crippen LogP contribution in [0.3, 0.4) is 0 Å². The van der Waals surface area contributed by atoms with Crippen molar-refractivity contribution in [2.45, 2.75) is 58.3 Å². The van der Waals surface area contributed by atoms with Crippen molar-refractivity contribution in [1.29, 1.82) is 0 Å². The van der Waals surface area contributed by atoms with Crippen molar-refractivity contribution in [3.8, 4) is 0 Å². The number of carbonyl (C=O) groups excluding carboxylic acids is 1. The van der Waals surface area contributed by atoms with Gasteiger partial charge in [-0.05, 0) is 48.2 Å². The lowest BCUT2D eigenvalue weighted by atomic mass is 9.95. The lowest BCUT2D eigenvalue weighted by Gasteiger charge is -2.38. The van der Waals surface area contributed by atoms with E-state index in [-0.39, 0.29) is 11.7 Å². The molecule has 2 aromatic heterocycles. The third kappa shape index (κ3) is 11.1. The summed E-state index contributed by atoms with van der Waals surface area (Å²) in [6, 6.07) is 29.6. The van der Waals surface area contributed by atoms with Crippen LogP contribution in [0.25, 0.3) is 0 Å². The summed E-state index contributed by atoms with van der Waals surface area (Å²) in [5.41, 5.74) is 19.0. The van der Waals surface area contributed by atoms with Gasteiger partial charge in [-0.3, -0.25) is 20.4 Å². The van der Waals surface area contributed by atoms with Crippen molar-refractivity contribution in [2.24, 2.45) is 27.4 Å². The Kier molecular flexibility index (Phi) is 14.7. The van der Waals surface area contributed by atoms with Gasteiger partial charge in [-0.15, -0.1) is 0 Å². The topological polar surface area (TPSA) is 171 Å². The van der Waals surface area contributed by atoms with Gasteiger partial charge in [0.25, 0.3) is 0 Å². The second-order valence-electron chi connectivity index (χ2n) is 15.1. The Labute approximate surface area is 341 Å². The van der Waals surface area contributed by atoms with Crippen LogP contribution in [0.5, 0.6) is 0 Å². The Morgan fingerprint density at radius 1 is 0.793 bits per heavy atom. The van der Waals surface area contributed by atoms with Gasteiger partial charge in [-0.25, -0.2) is 4.99 Å². The molecule has 58 heavy (non-hydrogen) atoms. The molecule has 13 heteroatoms. The Morgan fingerprint density at radius 2 is 1.47 bits per heavy atom. The van der Waals surface area contributed by atoms with Gasteiger partial charge >= 0.3 is 0 Å². The molecule has 0 spiro atoms. The summed E-state index contributed by atoms with van der Waals surface area (Å²) in [6.07, 6.45) is 2.44. The Morgan fingerprint density at radius 3 is 2.16 bits per heavy atom. The van der Waals surface area contributed by atoms with Gasteiger partial charge in [-0.2, -0.15) is 0 Å². The van der Waals surface area contributed by atoms with Gasteiger partial charge < -0.3 is 29.2 Å². The van der Waals surface area contributed by atoms with E-state index in [2.05, 4.69) is 72.1 Å². The number of hydrogen-bond acceptors (Lipinski definition) is 11. The van der Waals surface area contributed by atoms with E-state index >= 15 is 0 Å². The van der Waals surface area contributed by atoms with Crippen molar-refractivity contribution < 1.29 is 23.3 Å². The number of guanidine groups is 1. The third-order valence-corrected chi connectivity index (χ3v) is 10.4. The van der Waals surface area contributed by atoms with Crippen LogP contribution in [0.4, 0.5) is 0 Å². The van der Waals surface area contributed by atoms with E-state index in [9.17, 15) is 4.79 Å². The number of carbonyl (C=O) groups is 1. The van der Waals surface area contributed by atoms with E-state index in [0.717, 1.165) is 36.5 Å². The number of morpholine rings is 2. The summed E-state index contributed by atoms with van der Waals surface area (Å²) in [4.78, 5) is 25.3. The fourth-order valence-electron chi connectivity index (χ4n) is 6.99. The van der Waals surface area contributed by atoms with Crippen LogP contribution in [0, 0.1) is 5.92 Å². The maximum Gasteiger partial charge on any atom is 0.211 e. The van der Waals surface area contributed by atoms with Gasteiger partial charge in [0.2, 0.25) is 5.79 Å². The van der Waals surface area contributed by atoms with E-state index in [0.29, 0.717) is 93.4 Å². The minimum atomic E-state index is -1.13. The average molecular weight is 789 g/mol. The first-order valence-electron chi connectivity index (χ1n) is 20.0. The lowest BCUT2D eigenvalue weighted by Crippen LogP contribution is -2.56. The van der Waals surface area contributed by atoms with Crippen molar-refractivity contribution in [2.75, 3.05) is 52.6 Å². The predicted octanol–water partition coefficient (Wildman–Crippen LogP) is 5.96. The van der Waals surface area contributed by atoms with E-state index in [1.54, 1.807) is 0 Å². The molecule has 13 nitrogen and oxygen atoms in total. The minimum absolute atomic E-state index is 0.0138. The second-order valence-corrected chi connectivity index (χ2v) is 15.1. The molecule has 4 N–H and O–H groups in total. The highest BCUT2D eigenvalue weighted by atomic mass is 16.5. The van der Waals surface area contributed by atoms with Crippen molar-refractivity contribution in [1.82, 2.24) is 20.1 Å². The Hall–Kier alpha value is -5.47. The van der Waals surface area contributed by atoms with Crippen LogP contribution in [-0.4, -0.2) is 91.2 Å². The molecule has 0 radical (unpaired) electrons. The highest BCUT2D eigenvalue weighted by Gasteiger charge is 2.37. The third-order valence-electron chi connectivity index (χ3n) is 10.4. The number of rotatable bonds is 14. The first-order valence-corrected chi connectivity index (χ1v) is 20.0. The zero-order valence-electron chi connectivity index (χ0n) is 33.9. The van der Waals surface area contributed by atoms with Gasteiger partial charge in [-0.1, -0.05) is 104 Å². The second kappa shape index (κ2) is 20.3. The van der Waals surface area contributed by atoms with E-state index in [4.69, 9.17) is 30.0 Å². The largest absolute Gasteiger partial charge is 0.379 e. The average Bonchev–Trinajstić information content (AvgIpc) is 3.96. The number of aryl methyl sites for hydroxylation is 2. The molecule has 0 bridgehead atoms. The molecular formula is C45H56N8O5. The fraction of sp³-hybridized carbons (Fsp3) is 0.400. The Balaban J connectivity index is 0.000000198. The van der Waals surface area contributed by atoms with Crippen LogP contribution in [0.1, 0.15) is 82.2 Å². The molecule has 0 amide bonds. The standard InChI is InChI=1S/C24H26N4O3.C21H30N4O2/c1-26-24(25,28-12-14-30-15-13-28)22-17-21(31-27-22)11-10-18-6-5-9-20(16-18)23(29)19-7-3-2-4-8-19;1-15(2)12-17-4-6-18(7-5-17)16(3)20-13-19(27-24-20)14-23-21(22)25-8-10-26-11-9-25/h2-9,16-17H,1,10-15,25H2;4-7,13,15-16H,8-12,14H2,1-3H3,(H2,22,23). The minimum Gasteiger partial charge on any atom is -0.379 e. The molecule has 2 fully saturated rings. The lowest BCUT2D eigenvalue weighted by molar-refractivity contribution is -0.0222. The van der Waals surface area contributed by atoms with Crippen LogP contribution in [-0.2, 0) is 41.1 Å². The number of nitrogens with zero attached hydrogens (tertiary/aromatic N) is 6. The molecule has 2 aliphatic rings. The molecule has 2 atom stereocenters. The normalized spacial score (nSPS) is 16.6. The van der Waals surface area contributed by atoms with Gasteiger partial charge in [0.05, 0.1) is 32.1 Å². The molecule has 306 valence electrons. The van der Waals surface area contributed by atoms with Crippen LogP contribution < -0.4 is 11.5 Å². The monoisotopic (exact) mass is 788 g/mol. The van der Waals surface area contributed by atoms with Gasteiger partial charge in [0.15, 0.2) is 17.5 Å². The molecule has 2 saturated heterocycles. The number of nitrogens with two attached hydrogens (primary N) is 2. The smallest absolute Gasteiger partial charge is 0.211 e. The molecule has 2 aliphatic heterocycles. The molecule has 5 aromatic rings. The van der Waals surface area contributed by atoms with Crippen molar-refractivity contribution in [3.63, 3.8) is 0 Å². The van der Waals surface area contributed by atoms with E-state index in [1.807, 2.05) is 76.5 Å². The number of benzene rings is 3. The van der Waals surface area contributed by atoms with E-state index in [1.165, 1.54) is 11.1 Å². The number of hydrogen-bond donors (Lipinski definition) is 2. The molecule has 3 aromatic carbocycles. The number of ketones is 1. The first-order chi connectivity index (χ1) is 28.1. The highest BCUT2D eigenvalue weighted by Crippen LogP contribution is 2.27. The molecule has 0 aliphatic carbocycles. The summed E-state index contributed by atoms with van der Waals surface area (Å²) in [5, 5.41) is 8.40. The predicted molar refractivity (Wildman–Crippen MR) is 225 cm³/mol. The first kappa shape index (κ1) is 42.1. The summed E-state index contributed by atoms with van der Waals surface area (Å²) >= 11 is 0. The number of aliphatic imine (C=N–C) groups is 2. The number of ether oxygens (including phenoxy) is 2. The summed E-state index contributed by atoms with van der Waals surface area (Å²) in [7, 11) is 0. The van der Waals surface area contributed by atoms with Crippen LogP contribution in [0.2, 0.25) is 0 Å². The van der Waals surface area contributed by atoms with Gasteiger partial charge in [0, 0.05) is 61.8 Å². The van der Waals surface area contributed by atoms with Gasteiger partial charge in [0.1, 0.15) is 18.0 Å². The quantitative estimate of drug-likeness (QED) is 0.0773. The highest BCUT2D eigenvalue weighted by molar-refractivity contribution is 6.09. The zero-order valence-corrected chi connectivity index (χ0v) is 33.9. The molecule has 2 unspecified atom stereocenters. The SMILES string of the molecule is C=NC(N)(c1cc(CCc2cccc(C(=O)c3ccccc3)c2)on1)N1CCOCC1.CC(C)Cc1ccc(C(C)c2cc(CN=C(N)N3CCOCC3)on2)cc1. The van der Waals surface area contributed by atoms with Crippen molar-refractivity contribution >= 4 is 18.5 Å². The van der Waals surface area contributed by atoms with E-state index < -0.39 is 5.79 Å². The van der Waals surface area contributed by atoms with Crippen LogP contribution >= 0.6 is 0 Å². The van der Waals surface area contributed by atoms with Crippen LogP contribution in [0.15, 0.2) is 110 Å². The van der Waals surface area contributed by atoms with Crippen molar-refractivity contribution in [3.05, 3.63) is 142 Å². The fourth-order valence-corrected chi connectivity index (χ4v) is 6.99. The molecular weight excluding hydrogens is 733 g/mol. The summed E-state index contributed by atoms with van der Waals surface area (Å²) in [6.45, 7) is 16.1.